The van der Waals surface area contributed by atoms with E-state index in [9.17, 15) is 14.4 Å². The molecule has 1 aliphatic rings. The second kappa shape index (κ2) is 9.08. The summed E-state index contributed by atoms with van der Waals surface area (Å²) in [5.74, 6) is -0.664. The van der Waals surface area contributed by atoms with Gasteiger partial charge in [-0.1, -0.05) is 48.0 Å². The van der Waals surface area contributed by atoms with Crippen LogP contribution in [0.2, 0.25) is 5.02 Å². The van der Waals surface area contributed by atoms with Crippen LogP contribution in [-0.2, 0) is 16.2 Å². The molecular weight excluding hydrogens is 428 g/mol. The van der Waals surface area contributed by atoms with Crippen molar-refractivity contribution >= 4 is 41.1 Å². The van der Waals surface area contributed by atoms with Crippen LogP contribution in [0.25, 0.3) is 6.08 Å². The Balaban J connectivity index is 1.56. The molecule has 1 aliphatic heterocycles. The fourth-order valence-electron chi connectivity index (χ4n) is 3.46. The first kappa shape index (κ1) is 21.3. The molecule has 3 aromatic carbocycles. The lowest BCUT2D eigenvalue weighted by Crippen LogP contribution is -2.28. The fraction of sp³-hybridized carbons (Fsp3) is 0.0800. The molecule has 6 nitrogen and oxygen atoms in total. The zero-order valence-corrected chi connectivity index (χ0v) is 17.7. The van der Waals surface area contributed by atoms with Crippen molar-refractivity contribution in [1.82, 2.24) is 0 Å². The molecule has 0 atom stereocenters. The molecule has 4 rings (SSSR count). The number of para-hydroxylation sites is 1. The number of hydrogen-bond donors (Lipinski definition) is 1. The smallest absolute Gasteiger partial charge is 0.261 e. The van der Waals surface area contributed by atoms with Crippen molar-refractivity contribution in [3.05, 3.63) is 100 Å². The summed E-state index contributed by atoms with van der Waals surface area (Å²) in [6, 6.07) is 20.7. The number of halogens is 1. The first-order valence-electron chi connectivity index (χ1n) is 9.86. The van der Waals surface area contributed by atoms with Crippen LogP contribution in [0.5, 0.6) is 5.75 Å². The van der Waals surface area contributed by atoms with Gasteiger partial charge in [0.15, 0.2) is 0 Å². The number of carbonyl (C=O) groups excluding carboxylic acids is 3. The number of nitrogens with zero attached hydrogens (tertiary/aromatic N) is 1. The van der Waals surface area contributed by atoms with Crippen molar-refractivity contribution < 1.29 is 19.1 Å². The van der Waals surface area contributed by atoms with Crippen LogP contribution < -0.4 is 15.4 Å². The molecule has 1 saturated heterocycles. The Labute approximate surface area is 189 Å². The molecule has 2 N–H and O–H groups in total. The van der Waals surface area contributed by atoms with Gasteiger partial charge in [-0.25, -0.2) is 4.90 Å². The van der Waals surface area contributed by atoms with Crippen LogP contribution in [-0.4, -0.2) is 17.7 Å². The normalized spacial score (nSPS) is 14.8. The lowest BCUT2D eigenvalue weighted by atomic mass is 10.1. The van der Waals surface area contributed by atoms with Gasteiger partial charge in [-0.05, 0) is 48.0 Å². The van der Waals surface area contributed by atoms with Crippen molar-refractivity contribution in [3.8, 4) is 5.75 Å². The van der Waals surface area contributed by atoms with Gasteiger partial charge in [0.2, 0.25) is 11.8 Å². The summed E-state index contributed by atoms with van der Waals surface area (Å²) in [4.78, 5) is 38.0. The Morgan fingerprint density at radius 2 is 1.81 bits per heavy atom. The molecule has 7 heteroatoms. The van der Waals surface area contributed by atoms with Crippen molar-refractivity contribution in [2.75, 3.05) is 4.90 Å². The van der Waals surface area contributed by atoms with Crippen LogP contribution in [0.15, 0.2) is 78.4 Å². The summed E-state index contributed by atoms with van der Waals surface area (Å²) in [5.41, 5.74) is 7.99. The highest BCUT2D eigenvalue weighted by molar-refractivity contribution is 6.32. The van der Waals surface area contributed by atoms with Crippen molar-refractivity contribution in [3.63, 3.8) is 0 Å². The second-order valence-corrected chi connectivity index (χ2v) is 7.69. The highest BCUT2D eigenvalue weighted by Gasteiger charge is 2.35. The quantitative estimate of drug-likeness (QED) is 0.450. The van der Waals surface area contributed by atoms with Crippen LogP contribution in [0.4, 0.5) is 5.69 Å². The number of ether oxygens (including phenoxy) is 1. The maximum atomic E-state index is 12.9. The molecule has 1 fully saturated rings. The van der Waals surface area contributed by atoms with Gasteiger partial charge in [0, 0.05) is 21.7 Å². The minimum Gasteiger partial charge on any atom is -0.488 e. The van der Waals surface area contributed by atoms with Crippen LogP contribution in [0.1, 0.15) is 27.9 Å². The predicted octanol–water partition coefficient (Wildman–Crippen LogP) is 4.36. The largest absolute Gasteiger partial charge is 0.488 e. The van der Waals surface area contributed by atoms with Gasteiger partial charge in [0.1, 0.15) is 12.4 Å². The number of carbonyl (C=O) groups is 3. The van der Waals surface area contributed by atoms with E-state index in [1.807, 2.05) is 24.3 Å². The summed E-state index contributed by atoms with van der Waals surface area (Å²) in [6.45, 7) is 0.211. The SMILES string of the molecule is NC(=O)c1cccc(COc2ccccc2/C=C2\CC(=O)N(c3cccc(Cl)c3)C2=O)c1. The van der Waals surface area contributed by atoms with Gasteiger partial charge in [-0.3, -0.25) is 14.4 Å². The Bertz CT molecular complexity index is 1250. The molecule has 3 amide bonds. The van der Waals surface area contributed by atoms with Gasteiger partial charge < -0.3 is 10.5 Å². The molecule has 1 heterocycles. The molecular formula is C25H19ClN2O4. The Morgan fingerprint density at radius 3 is 2.59 bits per heavy atom. The number of imide groups is 1. The van der Waals surface area contributed by atoms with E-state index in [0.717, 1.165) is 10.5 Å². The van der Waals surface area contributed by atoms with Crippen molar-refractivity contribution in [1.29, 1.82) is 0 Å². The predicted molar refractivity (Wildman–Crippen MR) is 122 cm³/mol. The van der Waals surface area contributed by atoms with E-state index in [4.69, 9.17) is 22.1 Å². The molecule has 0 radical (unpaired) electrons. The fourth-order valence-corrected chi connectivity index (χ4v) is 3.64. The van der Waals surface area contributed by atoms with Crippen molar-refractivity contribution in [2.24, 2.45) is 5.73 Å². The van der Waals surface area contributed by atoms with E-state index in [2.05, 4.69) is 0 Å². The number of anilines is 1. The average Bonchev–Trinajstić information content (AvgIpc) is 3.06. The van der Waals surface area contributed by atoms with Gasteiger partial charge in [-0.15, -0.1) is 0 Å². The summed E-state index contributed by atoms with van der Waals surface area (Å²) in [7, 11) is 0. The van der Waals surface area contributed by atoms with Gasteiger partial charge in [0.05, 0.1) is 12.1 Å². The summed E-state index contributed by atoms with van der Waals surface area (Å²) in [6.07, 6.45) is 1.65. The van der Waals surface area contributed by atoms with Gasteiger partial charge >= 0.3 is 0 Å². The molecule has 32 heavy (non-hydrogen) atoms. The standard InChI is InChI=1S/C25H19ClN2O4/c26-20-8-4-9-21(14-20)28-23(29)13-19(25(28)31)12-17-6-1-2-10-22(17)32-15-16-5-3-7-18(11-16)24(27)30/h1-12,14H,13,15H2,(H2,27,30)/b19-12+. The number of hydrogen-bond acceptors (Lipinski definition) is 4. The third kappa shape index (κ3) is 4.55. The number of primary amides is 1. The highest BCUT2D eigenvalue weighted by atomic mass is 35.5. The summed E-state index contributed by atoms with van der Waals surface area (Å²) in [5, 5.41) is 0.444. The second-order valence-electron chi connectivity index (χ2n) is 7.25. The van der Waals surface area contributed by atoms with Crippen LogP contribution in [0, 0.1) is 0 Å². The van der Waals surface area contributed by atoms with E-state index in [-0.39, 0.29) is 24.8 Å². The first-order valence-corrected chi connectivity index (χ1v) is 10.2. The lowest BCUT2D eigenvalue weighted by molar-refractivity contribution is -0.120. The molecule has 160 valence electrons. The third-order valence-corrected chi connectivity index (χ3v) is 5.22. The number of amides is 3. The third-order valence-electron chi connectivity index (χ3n) is 4.99. The van der Waals surface area contributed by atoms with E-state index in [1.165, 1.54) is 0 Å². The minimum absolute atomic E-state index is 0.0136. The topological polar surface area (TPSA) is 89.7 Å². The van der Waals surface area contributed by atoms with E-state index >= 15 is 0 Å². The monoisotopic (exact) mass is 446 g/mol. The molecule has 0 unspecified atom stereocenters. The summed E-state index contributed by atoms with van der Waals surface area (Å²) < 4.78 is 5.93. The minimum atomic E-state index is -0.509. The Hall–Kier alpha value is -3.90. The van der Waals surface area contributed by atoms with Crippen molar-refractivity contribution in [2.45, 2.75) is 13.0 Å². The number of rotatable bonds is 6. The zero-order chi connectivity index (χ0) is 22.7. The Morgan fingerprint density at radius 1 is 1.03 bits per heavy atom. The van der Waals surface area contributed by atoms with Crippen LogP contribution >= 0.6 is 11.6 Å². The van der Waals surface area contributed by atoms with Crippen LogP contribution in [0.3, 0.4) is 0 Å². The molecule has 3 aromatic rings. The Kier molecular flexibility index (Phi) is 6.05. The molecule has 0 bridgehead atoms. The first-order chi connectivity index (χ1) is 15.4. The molecule has 0 aromatic heterocycles. The average molecular weight is 447 g/mol. The van der Waals surface area contributed by atoms with Gasteiger partial charge in [0.25, 0.3) is 5.91 Å². The number of nitrogens with two attached hydrogens (primary N) is 1. The van der Waals surface area contributed by atoms with E-state index in [0.29, 0.717) is 33.2 Å². The number of benzene rings is 3. The summed E-state index contributed by atoms with van der Waals surface area (Å²) >= 11 is 6.01. The zero-order valence-electron chi connectivity index (χ0n) is 17.0. The lowest BCUT2D eigenvalue weighted by Gasteiger charge is -2.13. The molecule has 0 aliphatic carbocycles. The highest BCUT2D eigenvalue weighted by Crippen LogP contribution is 2.31. The van der Waals surface area contributed by atoms with Gasteiger partial charge in [-0.2, -0.15) is 0 Å². The maximum absolute atomic E-state index is 12.9. The molecule has 0 saturated carbocycles. The maximum Gasteiger partial charge on any atom is 0.261 e. The van der Waals surface area contributed by atoms with E-state index < -0.39 is 5.91 Å². The molecule has 0 spiro atoms. The van der Waals surface area contributed by atoms with E-state index in [1.54, 1.807) is 54.6 Å².